The molecule has 1 rings (SSSR count). The van der Waals surface area contributed by atoms with Crippen LogP contribution in [0.5, 0.6) is 0 Å². The number of rotatable bonds is 3. The summed E-state index contributed by atoms with van der Waals surface area (Å²) in [7, 11) is 0. The van der Waals surface area contributed by atoms with Crippen molar-refractivity contribution in [1.82, 2.24) is 0 Å². The van der Waals surface area contributed by atoms with Gasteiger partial charge in [0.2, 0.25) is 0 Å². The van der Waals surface area contributed by atoms with Crippen LogP contribution < -0.4 is 0 Å². The highest BCUT2D eigenvalue weighted by Crippen LogP contribution is 2.18. The van der Waals surface area contributed by atoms with E-state index in [2.05, 4.69) is 0 Å². The number of aliphatic hydroxyl groups excluding tert-OH is 1. The Morgan fingerprint density at radius 3 is 3.09 bits per heavy atom. The second kappa shape index (κ2) is 3.64. The Hall–Kier alpha value is -0.670. The summed E-state index contributed by atoms with van der Waals surface area (Å²) in [5.41, 5.74) is 0.627. The Morgan fingerprint density at radius 1 is 1.82 bits per heavy atom. The number of hydrogen-bond acceptors (Lipinski definition) is 3. The second-order valence-electron chi connectivity index (χ2n) is 2.11. The van der Waals surface area contributed by atoms with Gasteiger partial charge in [0.15, 0.2) is 5.78 Å². The molecule has 1 heterocycles. The molecule has 0 aliphatic rings. The Bertz CT molecular complexity index is 252. The molecule has 59 valence electrons. The van der Waals surface area contributed by atoms with Gasteiger partial charge in [0.05, 0.1) is 4.88 Å². The lowest BCUT2D eigenvalue weighted by Crippen LogP contribution is -1.96. The van der Waals surface area contributed by atoms with Crippen molar-refractivity contribution in [1.29, 1.82) is 0 Å². The summed E-state index contributed by atoms with van der Waals surface area (Å²) in [6, 6.07) is 1.73. The summed E-state index contributed by atoms with van der Waals surface area (Å²) < 4.78 is 0. The standard InChI is InChI=1S/C8H9O2S/c1-2-7(10)8-6(5-9)3-4-11-8/h3-5,9H,2H2,1H3. The molecule has 0 saturated heterocycles. The van der Waals surface area contributed by atoms with Gasteiger partial charge in [-0.3, -0.25) is 4.79 Å². The van der Waals surface area contributed by atoms with E-state index < -0.39 is 0 Å². The van der Waals surface area contributed by atoms with Crippen LogP contribution in [0.15, 0.2) is 11.4 Å². The first kappa shape index (κ1) is 8.43. The summed E-state index contributed by atoms with van der Waals surface area (Å²) in [6.07, 6.45) is 0.487. The molecule has 0 atom stereocenters. The smallest absolute Gasteiger partial charge is 0.172 e. The lowest BCUT2D eigenvalue weighted by Gasteiger charge is -1.94. The van der Waals surface area contributed by atoms with Gasteiger partial charge in [0, 0.05) is 12.0 Å². The maximum Gasteiger partial charge on any atom is 0.172 e. The number of ketones is 1. The van der Waals surface area contributed by atoms with Gasteiger partial charge in [-0.1, -0.05) is 6.92 Å². The highest BCUT2D eigenvalue weighted by Gasteiger charge is 2.09. The van der Waals surface area contributed by atoms with Crippen LogP contribution in [0.25, 0.3) is 0 Å². The first-order valence-electron chi connectivity index (χ1n) is 3.37. The van der Waals surface area contributed by atoms with E-state index in [0.29, 0.717) is 16.9 Å². The van der Waals surface area contributed by atoms with Gasteiger partial charge in [-0.05, 0) is 11.4 Å². The number of Topliss-reactive ketones (excluding diaryl/α,β-unsaturated/α-hetero) is 1. The highest BCUT2D eigenvalue weighted by atomic mass is 32.1. The van der Waals surface area contributed by atoms with E-state index in [1.54, 1.807) is 11.4 Å². The maximum atomic E-state index is 11.1. The third kappa shape index (κ3) is 1.67. The zero-order chi connectivity index (χ0) is 8.27. The van der Waals surface area contributed by atoms with Crippen molar-refractivity contribution < 1.29 is 9.90 Å². The van der Waals surface area contributed by atoms with E-state index >= 15 is 0 Å². The van der Waals surface area contributed by atoms with Crippen LogP contribution in [0.4, 0.5) is 0 Å². The fourth-order valence-corrected chi connectivity index (χ4v) is 1.69. The molecule has 0 unspecified atom stereocenters. The molecular weight excluding hydrogens is 160 g/mol. The van der Waals surface area contributed by atoms with Crippen LogP contribution in [0.1, 0.15) is 28.6 Å². The minimum Gasteiger partial charge on any atom is -0.385 e. The van der Waals surface area contributed by atoms with Crippen LogP contribution in [0, 0.1) is 6.61 Å². The monoisotopic (exact) mass is 169 g/mol. The van der Waals surface area contributed by atoms with Crippen molar-refractivity contribution in [3.63, 3.8) is 0 Å². The first-order chi connectivity index (χ1) is 5.29. The first-order valence-corrected chi connectivity index (χ1v) is 4.25. The average Bonchev–Trinajstić information content (AvgIpc) is 2.50. The quantitative estimate of drug-likeness (QED) is 0.704. The summed E-state index contributed by atoms with van der Waals surface area (Å²) in [4.78, 5) is 11.8. The van der Waals surface area contributed by atoms with Crippen molar-refractivity contribution >= 4 is 17.1 Å². The van der Waals surface area contributed by atoms with Crippen LogP contribution in [0.2, 0.25) is 0 Å². The molecule has 1 aromatic rings. The molecule has 0 aliphatic heterocycles. The van der Waals surface area contributed by atoms with Crippen LogP contribution in [0.3, 0.4) is 0 Å². The molecule has 3 heteroatoms. The predicted molar refractivity (Wildman–Crippen MR) is 44.3 cm³/mol. The van der Waals surface area contributed by atoms with Crippen LogP contribution in [-0.2, 0) is 0 Å². The zero-order valence-electron chi connectivity index (χ0n) is 6.20. The Balaban J connectivity index is 2.92. The molecule has 2 nitrogen and oxygen atoms in total. The maximum absolute atomic E-state index is 11.1. The molecule has 0 saturated carbocycles. The van der Waals surface area contributed by atoms with Gasteiger partial charge < -0.3 is 5.11 Å². The van der Waals surface area contributed by atoms with Crippen molar-refractivity contribution in [2.75, 3.05) is 0 Å². The van der Waals surface area contributed by atoms with E-state index in [9.17, 15) is 4.79 Å². The molecular formula is C8H9O2S. The number of hydrogen-bond donors (Lipinski definition) is 1. The molecule has 0 amide bonds. The summed E-state index contributed by atoms with van der Waals surface area (Å²) in [5.74, 6) is 0.0836. The van der Waals surface area contributed by atoms with Gasteiger partial charge >= 0.3 is 0 Å². The van der Waals surface area contributed by atoms with E-state index in [0.717, 1.165) is 6.61 Å². The highest BCUT2D eigenvalue weighted by molar-refractivity contribution is 7.12. The largest absolute Gasteiger partial charge is 0.385 e. The SMILES string of the molecule is CCC(=O)c1sccc1[CH]O. The normalized spacial score (nSPS) is 10.0. The number of carbonyl (C=O) groups is 1. The molecule has 11 heavy (non-hydrogen) atoms. The molecule has 0 aliphatic carbocycles. The Labute approximate surface area is 69.5 Å². The average molecular weight is 169 g/mol. The van der Waals surface area contributed by atoms with Gasteiger partial charge in [0.1, 0.15) is 6.61 Å². The molecule has 1 aromatic heterocycles. The summed E-state index contributed by atoms with van der Waals surface area (Å²) in [6.45, 7) is 2.78. The van der Waals surface area contributed by atoms with Gasteiger partial charge in [-0.2, -0.15) is 0 Å². The molecule has 1 N–H and O–H groups in total. The number of thiophene rings is 1. The van der Waals surface area contributed by atoms with Crippen LogP contribution >= 0.6 is 11.3 Å². The number of aliphatic hydroxyl groups is 1. The molecule has 0 aromatic carbocycles. The predicted octanol–water partition coefficient (Wildman–Crippen LogP) is 2.22. The molecule has 1 radical (unpaired) electrons. The fraction of sp³-hybridized carbons (Fsp3) is 0.250. The van der Waals surface area contributed by atoms with Crippen molar-refractivity contribution in [3.05, 3.63) is 28.5 Å². The lowest BCUT2D eigenvalue weighted by atomic mass is 10.2. The Kier molecular flexibility index (Phi) is 2.79. The van der Waals surface area contributed by atoms with Crippen molar-refractivity contribution in [3.8, 4) is 0 Å². The Morgan fingerprint density at radius 2 is 2.55 bits per heavy atom. The van der Waals surface area contributed by atoms with Crippen molar-refractivity contribution in [2.45, 2.75) is 13.3 Å². The molecule has 0 spiro atoms. The molecule has 0 bridgehead atoms. The third-order valence-corrected chi connectivity index (χ3v) is 2.38. The minimum absolute atomic E-state index is 0.0836. The van der Waals surface area contributed by atoms with E-state index in [-0.39, 0.29) is 5.78 Å². The lowest BCUT2D eigenvalue weighted by molar-refractivity contribution is 0.0991. The second-order valence-corrected chi connectivity index (χ2v) is 3.03. The van der Waals surface area contributed by atoms with Gasteiger partial charge in [-0.25, -0.2) is 0 Å². The summed E-state index contributed by atoms with van der Waals surface area (Å²) >= 11 is 1.37. The zero-order valence-corrected chi connectivity index (χ0v) is 7.02. The van der Waals surface area contributed by atoms with Crippen LogP contribution in [-0.4, -0.2) is 10.9 Å². The summed E-state index contributed by atoms with van der Waals surface area (Å²) in [5, 5.41) is 10.5. The van der Waals surface area contributed by atoms with E-state index in [4.69, 9.17) is 5.11 Å². The molecule has 0 fully saturated rings. The van der Waals surface area contributed by atoms with Gasteiger partial charge in [0.25, 0.3) is 0 Å². The minimum atomic E-state index is 0.0836. The fourth-order valence-electron chi connectivity index (χ4n) is 0.808. The third-order valence-electron chi connectivity index (χ3n) is 1.41. The van der Waals surface area contributed by atoms with Crippen molar-refractivity contribution in [2.24, 2.45) is 0 Å². The van der Waals surface area contributed by atoms with Gasteiger partial charge in [-0.15, -0.1) is 11.3 Å². The topological polar surface area (TPSA) is 37.3 Å². The van der Waals surface area contributed by atoms with E-state index in [1.807, 2.05) is 6.92 Å². The number of carbonyl (C=O) groups excluding carboxylic acids is 1. The van der Waals surface area contributed by atoms with E-state index in [1.165, 1.54) is 11.3 Å².